The molecule has 0 bridgehead atoms. The van der Waals surface area contributed by atoms with Crippen molar-refractivity contribution in [3.8, 4) is 28.6 Å². The summed E-state index contributed by atoms with van der Waals surface area (Å²) in [5.74, 6) is 2.51. The minimum absolute atomic E-state index is 0.0907. The van der Waals surface area contributed by atoms with Gasteiger partial charge in [-0.15, -0.1) is 10.2 Å². The highest BCUT2D eigenvalue weighted by Gasteiger charge is 2.31. The number of hydrogen-bond acceptors (Lipinski definition) is 7. The number of piperazine rings is 1. The standard InChI is InChI=1S/C32H34ClN5O4S/c1-22-21-36(17-18-37(22)31(40)27-16-15-26(41-2)20-28(27)42-3)29(39)10-7-19-43-32-35-34-30(23-11-13-24(33)14-12-23)38(32)25-8-5-4-6-9-25/h4-6,8-9,11-16,20,22H,7,10,17-19,21H2,1-3H3. The number of carbonyl (C=O) groups excluding carboxylic acids is 2. The molecule has 0 aliphatic carbocycles. The van der Waals surface area contributed by atoms with Gasteiger partial charge in [0.1, 0.15) is 11.5 Å². The van der Waals surface area contributed by atoms with Gasteiger partial charge >= 0.3 is 0 Å². The highest BCUT2D eigenvalue weighted by Crippen LogP contribution is 2.30. The van der Waals surface area contributed by atoms with Crippen molar-refractivity contribution in [3.05, 3.63) is 83.4 Å². The van der Waals surface area contributed by atoms with Gasteiger partial charge in [-0.3, -0.25) is 14.2 Å². The summed E-state index contributed by atoms with van der Waals surface area (Å²) in [5.41, 5.74) is 2.36. The third kappa shape index (κ3) is 6.97. The van der Waals surface area contributed by atoms with Crippen LogP contribution in [0.3, 0.4) is 0 Å². The summed E-state index contributed by atoms with van der Waals surface area (Å²) < 4.78 is 12.7. The van der Waals surface area contributed by atoms with Gasteiger partial charge in [-0.25, -0.2) is 0 Å². The van der Waals surface area contributed by atoms with Gasteiger partial charge in [0.05, 0.1) is 19.8 Å². The number of aromatic nitrogens is 3. The number of carbonyl (C=O) groups is 2. The molecule has 4 aromatic rings. The van der Waals surface area contributed by atoms with Gasteiger partial charge in [0.2, 0.25) is 5.91 Å². The molecule has 0 radical (unpaired) electrons. The van der Waals surface area contributed by atoms with E-state index in [0.717, 1.165) is 22.2 Å². The number of para-hydroxylation sites is 1. The molecule has 1 saturated heterocycles. The SMILES string of the molecule is COc1ccc(C(=O)N2CCN(C(=O)CCCSc3nnc(-c4ccc(Cl)cc4)n3-c3ccccc3)CC2C)c(OC)c1. The van der Waals surface area contributed by atoms with E-state index in [1.165, 1.54) is 7.11 Å². The molecular weight excluding hydrogens is 586 g/mol. The van der Waals surface area contributed by atoms with E-state index in [-0.39, 0.29) is 17.9 Å². The molecule has 1 unspecified atom stereocenters. The summed E-state index contributed by atoms with van der Waals surface area (Å²) in [6, 6.07) is 22.6. The lowest BCUT2D eigenvalue weighted by Crippen LogP contribution is -2.55. The Hall–Kier alpha value is -4.02. The van der Waals surface area contributed by atoms with Crippen LogP contribution in [0.1, 0.15) is 30.1 Å². The fourth-order valence-corrected chi connectivity index (χ4v) is 6.14. The first-order valence-electron chi connectivity index (χ1n) is 14.1. The van der Waals surface area contributed by atoms with Crippen LogP contribution in [0.25, 0.3) is 17.1 Å². The smallest absolute Gasteiger partial charge is 0.257 e. The van der Waals surface area contributed by atoms with E-state index in [0.29, 0.717) is 60.3 Å². The van der Waals surface area contributed by atoms with E-state index in [1.807, 2.05) is 71.0 Å². The quantitative estimate of drug-likeness (QED) is 0.162. The zero-order valence-electron chi connectivity index (χ0n) is 24.4. The van der Waals surface area contributed by atoms with Crippen LogP contribution in [-0.2, 0) is 4.79 Å². The number of methoxy groups -OCH3 is 2. The Morgan fingerprint density at radius 3 is 2.44 bits per heavy atom. The maximum Gasteiger partial charge on any atom is 0.257 e. The van der Waals surface area contributed by atoms with Crippen LogP contribution in [0.15, 0.2) is 78.0 Å². The van der Waals surface area contributed by atoms with Gasteiger partial charge < -0.3 is 19.3 Å². The Labute approximate surface area is 260 Å². The number of amides is 2. The second-order valence-electron chi connectivity index (χ2n) is 10.2. The molecule has 1 aromatic heterocycles. The fourth-order valence-electron chi connectivity index (χ4n) is 5.12. The molecule has 43 heavy (non-hydrogen) atoms. The lowest BCUT2D eigenvalue weighted by atomic mass is 10.1. The van der Waals surface area contributed by atoms with Crippen molar-refractivity contribution in [1.29, 1.82) is 0 Å². The first-order chi connectivity index (χ1) is 20.9. The maximum atomic E-state index is 13.3. The highest BCUT2D eigenvalue weighted by atomic mass is 35.5. The average molecular weight is 620 g/mol. The molecule has 224 valence electrons. The third-order valence-corrected chi connectivity index (χ3v) is 8.66. The Kier molecular flexibility index (Phi) is 9.89. The summed E-state index contributed by atoms with van der Waals surface area (Å²) in [5, 5.41) is 10.4. The van der Waals surface area contributed by atoms with Crippen LogP contribution < -0.4 is 9.47 Å². The molecule has 9 nitrogen and oxygen atoms in total. The summed E-state index contributed by atoms with van der Waals surface area (Å²) in [6.45, 7) is 3.41. The molecule has 1 aliphatic rings. The minimum Gasteiger partial charge on any atom is -0.497 e. The monoisotopic (exact) mass is 619 g/mol. The predicted molar refractivity (Wildman–Crippen MR) is 168 cm³/mol. The molecule has 0 spiro atoms. The number of ether oxygens (including phenoxy) is 2. The second kappa shape index (κ2) is 14.0. The van der Waals surface area contributed by atoms with Gasteiger partial charge in [-0.2, -0.15) is 0 Å². The first-order valence-corrected chi connectivity index (χ1v) is 15.5. The molecule has 3 aromatic carbocycles. The number of nitrogens with zero attached hydrogens (tertiary/aromatic N) is 5. The van der Waals surface area contributed by atoms with Gasteiger partial charge in [-0.1, -0.05) is 41.6 Å². The predicted octanol–water partition coefficient (Wildman–Crippen LogP) is 5.85. The topological polar surface area (TPSA) is 89.8 Å². The zero-order chi connectivity index (χ0) is 30.3. The van der Waals surface area contributed by atoms with Crippen LogP contribution in [0, 0.1) is 0 Å². The Morgan fingerprint density at radius 1 is 0.977 bits per heavy atom. The summed E-state index contributed by atoms with van der Waals surface area (Å²) in [4.78, 5) is 30.1. The van der Waals surface area contributed by atoms with Gasteiger partial charge in [0.25, 0.3) is 5.91 Å². The van der Waals surface area contributed by atoms with E-state index in [2.05, 4.69) is 10.2 Å². The number of benzene rings is 3. The van der Waals surface area contributed by atoms with E-state index in [4.69, 9.17) is 21.1 Å². The number of halogens is 1. The zero-order valence-corrected chi connectivity index (χ0v) is 26.0. The molecule has 5 rings (SSSR count). The van der Waals surface area contributed by atoms with Crippen LogP contribution in [-0.4, -0.2) is 82.0 Å². The molecule has 11 heteroatoms. The lowest BCUT2D eigenvalue weighted by molar-refractivity contribution is -0.133. The molecule has 1 aliphatic heterocycles. The molecule has 2 heterocycles. The number of thioether (sulfide) groups is 1. The van der Waals surface area contributed by atoms with Crippen molar-refractivity contribution >= 4 is 35.2 Å². The Balaban J connectivity index is 1.17. The van der Waals surface area contributed by atoms with Crippen LogP contribution in [0.2, 0.25) is 5.02 Å². The Morgan fingerprint density at radius 2 is 1.74 bits per heavy atom. The third-order valence-electron chi connectivity index (χ3n) is 7.40. The molecule has 1 fully saturated rings. The Bertz CT molecular complexity index is 1560. The van der Waals surface area contributed by atoms with Crippen LogP contribution >= 0.6 is 23.4 Å². The molecular formula is C32H34ClN5O4S. The normalized spacial score (nSPS) is 14.9. The number of rotatable bonds is 10. The molecule has 0 saturated carbocycles. The lowest BCUT2D eigenvalue weighted by Gasteiger charge is -2.40. The van der Waals surface area contributed by atoms with Crippen LogP contribution in [0.4, 0.5) is 0 Å². The van der Waals surface area contributed by atoms with E-state index in [1.54, 1.807) is 42.0 Å². The van der Waals surface area contributed by atoms with Crippen molar-refractivity contribution in [3.63, 3.8) is 0 Å². The molecule has 2 amide bonds. The van der Waals surface area contributed by atoms with Crippen molar-refractivity contribution in [2.45, 2.75) is 31.0 Å². The maximum absolute atomic E-state index is 13.3. The largest absolute Gasteiger partial charge is 0.497 e. The summed E-state index contributed by atoms with van der Waals surface area (Å²) in [6.07, 6.45) is 1.11. The molecule has 1 atom stereocenters. The van der Waals surface area contributed by atoms with Crippen LogP contribution in [0.5, 0.6) is 11.5 Å². The van der Waals surface area contributed by atoms with Gasteiger partial charge in [0, 0.05) is 60.2 Å². The molecule has 0 N–H and O–H groups in total. The summed E-state index contributed by atoms with van der Waals surface area (Å²) >= 11 is 7.67. The van der Waals surface area contributed by atoms with Crippen molar-refractivity contribution in [1.82, 2.24) is 24.6 Å². The fraction of sp³-hybridized carbons (Fsp3) is 0.312. The number of hydrogen-bond donors (Lipinski definition) is 0. The van der Waals surface area contributed by atoms with Crippen molar-refractivity contribution in [2.75, 3.05) is 39.6 Å². The highest BCUT2D eigenvalue weighted by molar-refractivity contribution is 7.99. The van der Waals surface area contributed by atoms with Crippen molar-refractivity contribution < 1.29 is 19.1 Å². The minimum atomic E-state index is -0.123. The van der Waals surface area contributed by atoms with Gasteiger partial charge in [0.15, 0.2) is 11.0 Å². The second-order valence-corrected chi connectivity index (χ2v) is 11.7. The average Bonchev–Trinajstić information content (AvgIpc) is 3.46. The van der Waals surface area contributed by atoms with Crippen molar-refractivity contribution in [2.24, 2.45) is 0 Å². The van der Waals surface area contributed by atoms with Gasteiger partial charge in [-0.05, 0) is 61.9 Å². The van der Waals surface area contributed by atoms with E-state index < -0.39 is 0 Å². The summed E-state index contributed by atoms with van der Waals surface area (Å²) in [7, 11) is 3.11. The first kappa shape index (κ1) is 30.4. The van der Waals surface area contributed by atoms with E-state index >= 15 is 0 Å². The van der Waals surface area contributed by atoms with E-state index in [9.17, 15) is 9.59 Å².